The molecule has 0 fully saturated rings. The van der Waals surface area contributed by atoms with Gasteiger partial charge < -0.3 is 15.2 Å². The van der Waals surface area contributed by atoms with Crippen LogP contribution in [0.25, 0.3) is 11.1 Å². The zero-order chi connectivity index (χ0) is 17.7. The van der Waals surface area contributed by atoms with Crippen LogP contribution in [0.1, 0.15) is 10.4 Å². The largest absolute Gasteiger partial charge is 0.478 e. The van der Waals surface area contributed by atoms with Crippen LogP contribution in [0.15, 0.2) is 41.8 Å². The number of aliphatic carboxylic acids is 1. The van der Waals surface area contributed by atoms with E-state index < -0.39 is 23.7 Å². The average molecular weight is 349 g/mol. The molecular formula is C16H12FNO5S. The number of hydrogen-bond acceptors (Lipinski definition) is 5. The van der Waals surface area contributed by atoms with E-state index in [0.717, 1.165) is 17.4 Å². The van der Waals surface area contributed by atoms with Crippen LogP contribution in [0.2, 0.25) is 0 Å². The molecule has 0 spiro atoms. The summed E-state index contributed by atoms with van der Waals surface area (Å²) in [5.74, 6) is -3.05. The molecule has 1 aromatic heterocycles. The fraction of sp³-hybridized carbons (Fsp3) is 0.0625. The second-order valence-electron chi connectivity index (χ2n) is 4.51. The highest BCUT2D eigenvalue weighted by Gasteiger charge is 2.22. The Balaban J connectivity index is 2.39. The number of benzene rings is 1. The van der Waals surface area contributed by atoms with E-state index in [0.29, 0.717) is 17.2 Å². The number of amides is 1. The third-order valence-electron chi connectivity index (χ3n) is 2.95. The van der Waals surface area contributed by atoms with Crippen molar-refractivity contribution in [1.82, 2.24) is 0 Å². The molecule has 2 rings (SSSR count). The van der Waals surface area contributed by atoms with Gasteiger partial charge in [0.15, 0.2) is 0 Å². The summed E-state index contributed by atoms with van der Waals surface area (Å²) in [4.78, 5) is 34.2. The van der Waals surface area contributed by atoms with E-state index in [1.807, 2.05) is 0 Å². The minimum atomic E-state index is -1.27. The Morgan fingerprint density at radius 3 is 2.46 bits per heavy atom. The molecule has 2 N–H and O–H groups in total. The Bertz CT molecular complexity index is 810. The highest BCUT2D eigenvalue weighted by Crippen LogP contribution is 2.36. The molecule has 6 nitrogen and oxygen atoms in total. The van der Waals surface area contributed by atoms with Crippen molar-refractivity contribution in [2.75, 3.05) is 12.4 Å². The predicted molar refractivity (Wildman–Crippen MR) is 86.5 cm³/mol. The first-order chi connectivity index (χ1) is 11.4. The molecule has 0 aliphatic rings. The molecule has 1 amide bonds. The van der Waals surface area contributed by atoms with Crippen LogP contribution in [-0.2, 0) is 14.3 Å². The van der Waals surface area contributed by atoms with Crippen molar-refractivity contribution >= 4 is 34.2 Å². The molecular weight excluding hydrogens is 337 g/mol. The fourth-order valence-electron chi connectivity index (χ4n) is 1.90. The number of halogens is 1. The van der Waals surface area contributed by atoms with Gasteiger partial charge in [-0.1, -0.05) is 12.1 Å². The van der Waals surface area contributed by atoms with Crippen LogP contribution in [0.4, 0.5) is 9.39 Å². The maximum absolute atomic E-state index is 13.1. The lowest BCUT2D eigenvalue weighted by molar-refractivity contribution is -0.131. The Hall–Kier alpha value is -3.00. The molecule has 0 atom stereocenters. The van der Waals surface area contributed by atoms with Crippen molar-refractivity contribution in [2.24, 2.45) is 0 Å². The Kier molecular flexibility index (Phi) is 5.43. The molecule has 24 heavy (non-hydrogen) atoms. The summed E-state index contributed by atoms with van der Waals surface area (Å²) in [7, 11) is 1.20. The summed E-state index contributed by atoms with van der Waals surface area (Å²) in [6.07, 6.45) is 1.52. The van der Waals surface area contributed by atoms with Crippen LogP contribution in [-0.4, -0.2) is 30.1 Å². The van der Waals surface area contributed by atoms with Gasteiger partial charge in [-0.05, 0) is 17.7 Å². The van der Waals surface area contributed by atoms with Gasteiger partial charge in [-0.3, -0.25) is 4.79 Å². The van der Waals surface area contributed by atoms with E-state index >= 15 is 0 Å². The molecule has 0 bridgehead atoms. The van der Waals surface area contributed by atoms with Gasteiger partial charge >= 0.3 is 11.9 Å². The Morgan fingerprint density at radius 1 is 1.21 bits per heavy atom. The molecule has 0 aliphatic carbocycles. The Labute approximate surface area is 140 Å². The molecule has 0 radical (unpaired) electrons. The van der Waals surface area contributed by atoms with E-state index in [1.165, 1.54) is 31.4 Å². The summed E-state index contributed by atoms with van der Waals surface area (Å²) in [6.45, 7) is 0. The van der Waals surface area contributed by atoms with Gasteiger partial charge in [0.1, 0.15) is 16.4 Å². The van der Waals surface area contributed by atoms with E-state index in [4.69, 9.17) is 9.84 Å². The molecule has 0 aliphatic heterocycles. The third kappa shape index (κ3) is 4.05. The smallest absolute Gasteiger partial charge is 0.341 e. The van der Waals surface area contributed by atoms with Crippen molar-refractivity contribution in [3.8, 4) is 11.1 Å². The summed E-state index contributed by atoms with van der Waals surface area (Å²) >= 11 is 1.07. The van der Waals surface area contributed by atoms with Crippen molar-refractivity contribution in [3.63, 3.8) is 0 Å². The molecule has 0 saturated carbocycles. The molecule has 2 aromatic rings. The summed E-state index contributed by atoms with van der Waals surface area (Å²) in [5.41, 5.74) is 1.17. The highest BCUT2D eigenvalue weighted by atomic mass is 32.1. The number of methoxy groups -OCH3 is 1. The Morgan fingerprint density at radius 2 is 1.88 bits per heavy atom. The van der Waals surface area contributed by atoms with Crippen LogP contribution >= 0.6 is 11.3 Å². The lowest BCUT2D eigenvalue weighted by Crippen LogP contribution is -2.12. The standard InChI is InChI=1S/C16H12FNO5S/c1-23-16(22)14-11(9-2-4-10(17)5-3-9)8-24-15(14)18-12(19)6-7-13(20)21/h2-8H,1H3,(H,18,19)(H,20,21)/b7-6+. The number of esters is 1. The first-order valence-electron chi connectivity index (χ1n) is 6.60. The minimum absolute atomic E-state index is 0.117. The first-order valence-corrected chi connectivity index (χ1v) is 7.48. The maximum atomic E-state index is 13.1. The second kappa shape index (κ2) is 7.51. The number of carbonyl (C=O) groups is 3. The fourth-order valence-corrected chi connectivity index (χ4v) is 2.86. The van der Waals surface area contributed by atoms with E-state index in [1.54, 1.807) is 5.38 Å². The maximum Gasteiger partial charge on any atom is 0.341 e. The zero-order valence-electron chi connectivity index (χ0n) is 12.4. The number of carboxylic acids is 1. The number of carboxylic acid groups (broad SMARTS) is 1. The lowest BCUT2D eigenvalue weighted by atomic mass is 10.0. The third-order valence-corrected chi connectivity index (χ3v) is 3.85. The minimum Gasteiger partial charge on any atom is -0.478 e. The number of rotatable bonds is 5. The number of hydrogen-bond donors (Lipinski definition) is 2. The van der Waals surface area contributed by atoms with Gasteiger partial charge in [0.2, 0.25) is 5.91 Å². The second-order valence-corrected chi connectivity index (χ2v) is 5.39. The van der Waals surface area contributed by atoms with Crippen molar-refractivity contribution in [2.45, 2.75) is 0 Å². The number of ether oxygens (including phenoxy) is 1. The number of thiophene rings is 1. The molecule has 0 unspecified atom stereocenters. The van der Waals surface area contributed by atoms with Gasteiger partial charge in [0, 0.05) is 23.1 Å². The zero-order valence-corrected chi connectivity index (χ0v) is 13.2. The van der Waals surface area contributed by atoms with Crippen LogP contribution in [0, 0.1) is 5.82 Å². The van der Waals surface area contributed by atoms with Crippen molar-refractivity contribution in [3.05, 3.63) is 53.2 Å². The van der Waals surface area contributed by atoms with E-state index in [9.17, 15) is 18.8 Å². The van der Waals surface area contributed by atoms with Gasteiger partial charge in [0.05, 0.1) is 7.11 Å². The molecule has 1 aromatic carbocycles. The van der Waals surface area contributed by atoms with E-state index in [-0.39, 0.29) is 10.6 Å². The quantitative estimate of drug-likeness (QED) is 0.639. The molecule has 0 saturated heterocycles. The summed E-state index contributed by atoms with van der Waals surface area (Å²) in [5, 5.41) is 12.8. The van der Waals surface area contributed by atoms with Gasteiger partial charge in [-0.15, -0.1) is 11.3 Å². The van der Waals surface area contributed by atoms with Crippen LogP contribution < -0.4 is 5.32 Å². The number of carbonyl (C=O) groups excluding carboxylic acids is 2. The topological polar surface area (TPSA) is 92.7 Å². The van der Waals surface area contributed by atoms with Crippen molar-refractivity contribution in [1.29, 1.82) is 0 Å². The molecule has 8 heteroatoms. The first kappa shape index (κ1) is 17.4. The lowest BCUT2D eigenvalue weighted by Gasteiger charge is -2.06. The molecule has 1 heterocycles. The van der Waals surface area contributed by atoms with Gasteiger partial charge in [-0.2, -0.15) is 0 Å². The number of nitrogens with one attached hydrogen (secondary N) is 1. The predicted octanol–water partition coefficient (Wildman–Crippen LogP) is 2.92. The summed E-state index contributed by atoms with van der Waals surface area (Å²) in [6, 6.07) is 5.50. The van der Waals surface area contributed by atoms with Gasteiger partial charge in [0.25, 0.3) is 0 Å². The van der Waals surface area contributed by atoms with Crippen LogP contribution in [0.3, 0.4) is 0 Å². The average Bonchev–Trinajstić information content (AvgIpc) is 2.96. The monoisotopic (exact) mass is 349 g/mol. The number of anilines is 1. The highest BCUT2D eigenvalue weighted by molar-refractivity contribution is 7.15. The normalized spacial score (nSPS) is 10.6. The summed E-state index contributed by atoms with van der Waals surface area (Å²) < 4.78 is 17.8. The van der Waals surface area contributed by atoms with Gasteiger partial charge in [-0.25, -0.2) is 14.0 Å². The van der Waals surface area contributed by atoms with Crippen LogP contribution in [0.5, 0.6) is 0 Å². The molecule has 124 valence electrons. The van der Waals surface area contributed by atoms with Crippen molar-refractivity contribution < 1.29 is 28.6 Å². The SMILES string of the molecule is COC(=O)c1c(-c2ccc(F)cc2)csc1NC(=O)/C=C/C(=O)O. The van der Waals surface area contributed by atoms with E-state index in [2.05, 4.69) is 5.32 Å².